The van der Waals surface area contributed by atoms with Crippen molar-refractivity contribution in [3.63, 3.8) is 0 Å². The van der Waals surface area contributed by atoms with Crippen LogP contribution in [0.4, 0.5) is 5.82 Å². The van der Waals surface area contributed by atoms with Gasteiger partial charge >= 0.3 is 0 Å². The Morgan fingerprint density at radius 3 is 3.08 bits per heavy atom. The van der Waals surface area contributed by atoms with Crippen LogP contribution in [-0.4, -0.2) is 74.0 Å². The fraction of sp³-hybridized carbons (Fsp3) is 0.438. The zero-order chi connectivity index (χ0) is 18.1. The molecule has 0 aromatic carbocycles. The van der Waals surface area contributed by atoms with Gasteiger partial charge in [0.15, 0.2) is 5.65 Å². The topological polar surface area (TPSA) is 93.7 Å². The average Bonchev–Trinajstić information content (AvgIpc) is 3.29. The molecule has 0 saturated heterocycles. The Balaban J connectivity index is 1.51. The minimum absolute atomic E-state index is 0.0506. The van der Waals surface area contributed by atoms with E-state index in [2.05, 4.69) is 29.7 Å². The van der Waals surface area contributed by atoms with E-state index in [0.29, 0.717) is 25.3 Å². The van der Waals surface area contributed by atoms with Crippen LogP contribution in [0, 0.1) is 0 Å². The van der Waals surface area contributed by atoms with Crippen molar-refractivity contribution in [2.75, 3.05) is 38.8 Å². The molecule has 0 radical (unpaired) electrons. The fourth-order valence-corrected chi connectivity index (χ4v) is 2.99. The highest BCUT2D eigenvalue weighted by Crippen LogP contribution is 2.25. The van der Waals surface area contributed by atoms with Gasteiger partial charge in [-0.05, 0) is 12.1 Å². The molecule has 3 aromatic rings. The lowest BCUT2D eigenvalue weighted by Crippen LogP contribution is -2.40. The van der Waals surface area contributed by atoms with Crippen LogP contribution in [0.5, 0.6) is 0 Å². The molecule has 10 nitrogen and oxygen atoms in total. The Kier molecular flexibility index (Phi) is 4.25. The predicted octanol–water partition coefficient (Wildman–Crippen LogP) is -0.0131. The minimum atomic E-state index is -0.0525. The Morgan fingerprint density at radius 1 is 1.35 bits per heavy atom. The van der Waals surface area contributed by atoms with Gasteiger partial charge in [0.25, 0.3) is 0 Å². The molecule has 1 atom stereocenters. The maximum absolute atomic E-state index is 11.7. The largest absolute Gasteiger partial charge is 0.369 e. The molecule has 1 amide bonds. The molecule has 1 aliphatic heterocycles. The maximum atomic E-state index is 11.7. The van der Waals surface area contributed by atoms with Crippen molar-refractivity contribution in [3.8, 4) is 0 Å². The second-order valence-electron chi connectivity index (χ2n) is 6.46. The second-order valence-corrected chi connectivity index (χ2v) is 6.46. The molecule has 136 valence electrons. The molecule has 0 saturated carbocycles. The van der Waals surface area contributed by atoms with Gasteiger partial charge in [-0.3, -0.25) is 4.79 Å². The third-order valence-corrected chi connectivity index (χ3v) is 4.43. The first-order valence-electron chi connectivity index (χ1n) is 8.32. The van der Waals surface area contributed by atoms with Gasteiger partial charge in [-0.1, -0.05) is 0 Å². The van der Waals surface area contributed by atoms with Gasteiger partial charge in [0.2, 0.25) is 5.91 Å². The Labute approximate surface area is 150 Å². The van der Waals surface area contributed by atoms with Crippen LogP contribution >= 0.6 is 0 Å². The quantitative estimate of drug-likeness (QED) is 0.634. The van der Waals surface area contributed by atoms with Crippen molar-refractivity contribution in [2.45, 2.75) is 12.6 Å². The summed E-state index contributed by atoms with van der Waals surface area (Å²) >= 11 is 0. The second kappa shape index (κ2) is 6.71. The minimum Gasteiger partial charge on any atom is -0.369 e. The number of aromatic nitrogens is 6. The molecule has 4 rings (SSSR count). The molecule has 0 bridgehead atoms. The molecule has 4 heterocycles. The van der Waals surface area contributed by atoms with Crippen molar-refractivity contribution in [1.29, 1.82) is 0 Å². The van der Waals surface area contributed by atoms with Crippen LogP contribution in [0.1, 0.15) is 11.7 Å². The molecule has 10 heteroatoms. The molecule has 1 aliphatic rings. The van der Waals surface area contributed by atoms with E-state index in [4.69, 9.17) is 4.74 Å². The van der Waals surface area contributed by atoms with Crippen LogP contribution in [-0.2, 0) is 16.1 Å². The number of imidazole rings is 1. The number of ether oxygens (including phenoxy) is 1. The third kappa shape index (κ3) is 3.10. The summed E-state index contributed by atoms with van der Waals surface area (Å²) in [5.74, 6) is 0.780. The summed E-state index contributed by atoms with van der Waals surface area (Å²) in [5.41, 5.74) is 1.78. The van der Waals surface area contributed by atoms with E-state index in [0.717, 1.165) is 11.5 Å². The van der Waals surface area contributed by atoms with Gasteiger partial charge in [0.05, 0.1) is 31.2 Å². The number of hydrogen-bond donors (Lipinski definition) is 0. The van der Waals surface area contributed by atoms with Crippen LogP contribution in [0.2, 0.25) is 0 Å². The lowest BCUT2D eigenvalue weighted by molar-refractivity contribution is -0.133. The van der Waals surface area contributed by atoms with Crippen molar-refractivity contribution in [2.24, 2.45) is 0 Å². The Bertz CT molecular complexity index is 918. The maximum Gasteiger partial charge on any atom is 0.248 e. The van der Waals surface area contributed by atoms with Gasteiger partial charge in [-0.25, -0.2) is 4.98 Å². The number of anilines is 1. The van der Waals surface area contributed by atoms with E-state index in [9.17, 15) is 4.79 Å². The van der Waals surface area contributed by atoms with E-state index in [-0.39, 0.29) is 18.6 Å². The lowest BCUT2D eigenvalue weighted by Gasteiger charge is -2.35. The van der Waals surface area contributed by atoms with Crippen LogP contribution in [0.3, 0.4) is 0 Å². The van der Waals surface area contributed by atoms with E-state index in [1.54, 1.807) is 24.9 Å². The summed E-state index contributed by atoms with van der Waals surface area (Å²) in [4.78, 5) is 19.7. The smallest absolute Gasteiger partial charge is 0.248 e. The first kappa shape index (κ1) is 16.5. The van der Waals surface area contributed by atoms with Crippen molar-refractivity contribution < 1.29 is 9.53 Å². The molecule has 26 heavy (non-hydrogen) atoms. The normalized spacial score (nSPS) is 16.7. The number of hydrogen-bond acceptors (Lipinski definition) is 7. The standard InChI is InChI=1S/C16H20N8O2/c1-21(2)16(25)9-26-8-13-7-22(6-12-5-17-10-23(12)13)15-4-3-14-19-18-11-24(14)20-15/h3-5,10-11,13H,6-9H2,1-2H3/t13-/m1/s1. The van der Waals surface area contributed by atoms with Gasteiger partial charge in [0, 0.05) is 26.8 Å². The molecular formula is C16H20N8O2. The van der Waals surface area contributed by atoms with Crippen molar-refractivity contribution in [1.82, 2.24) is 34.3 Å². The van der Waals surface area contributed by atoms with Crippen LogP contribution in [0.25, 0.3) is 5.65 Å². The molecule has 3 aromatic heterocycles. The molecular weight excluding hydrogens is 336 g/mol. The van der Waals surface area contributed by atoms with Crippen LogP contribution in [0.15, 0.2) is 31.0 Å². The summed E-state index contributed by atoms with van der Waals surface area (Å²) in [5, 5.41) is 12.4. The molecule has 0 N–H and O–H groups in total. The number of carbonyl (C=O) groups excluding carboxylic acids is 1. The number of likely N-dealkylation sites (N-methyl/N-ethyl adjacent to an activating group) is 1. The van der Waals surface area contributed by atoms with Gasteiger partial charge < -0.3 is 19.1 Å². The SMILES string of the molecule is CN(C)C(=O)COC[C@H]1CN(c2ccc3nncn3n2)Cc2cncn21. The Morgan fingerprint density at radius 2 is 2.23 bits per heavy atom. The summed E-state index contributed by atoms with van der Waals surface area (Å²) in [6.07, 6.45) is 5.24. The fourth-order valence-electron chi connectivity index (χ4n) is 2.99. The van der Waals surface area contributed by atoms with Gasteiger partial charge in [-0.15, -0.1) is 15.3 Å². The van der Waals surface area contributed by atoms with E-state index >= 15 is 0 Å². The lowest BCUT2D eigenvalue weighted by atomic mass is 10.2. The first-order chi connectivity index (χ1) is 12.6. The molecule has 0 unspecified atom stereocenters. The average molecular weight is 356 g/mol. The molecule has 0 fully saturated rings. The number of amides is 1. The van der Waals surface area contributed by atoms with Gasteiger partial charge in [0.1, 0.15) is 18.8 Å². The predicted molar refractivity (Wildman–Crippen MR) is 92.6 cm³/mol. The summed E-state index contributed by atoms with van der Waals surface area (Å²) in [6, 6.07) is 3.88. The van der Waals surface area contributed by atoms with E-state index in [1.807, 2.05) is 24.7 Å². The highest BCUT2D eigenvalue weighted by Gasteiger charge is 2.26. The third-order valence-electron chi connectivity index (χ3n) is 4.43. The first-order valence-corrected chi connectivity index (χ1v) is 8.32. The van der Waals surface area contributed by atoms with E-state index in [1.165, 1.54) is 4.90 Å². The summed E-state index contributed by atoms with van der Waals surface area (Å²) < 4.78 is 9.41. The number of rotatable bonds is 5. The van der Waals surface area contributed by atoms with E-state index < -0.39 is 0 Å². The van der Waals surface area contributed by atoms with Gasteiger partial charge in [-0.2, -0.15) is 4.52 Å². The van der Waals surface area contributed by atoms with Crippen molar-refractivity contribution in [3.05, 3.63) is 36.7 Å². The number of fused-ring (bicyclic) bond motifs is 2. The summed E-state index contributed by atoms with van der Waals surface area (Å²) in [7, 11) is 3.43. The monoisotopic (exact) mass is 356 g/mol. The molecule has 0 spiro atoms. The highest BCUT2D eigenvalue weighted by atomic mass is 16.5. The number of carbonyl (C=O) groups is 1. The molecule has 0 aliphatic carbocycles. The van der Waals surface area contributed by atoms with Crippen molar-refractivity contribution >= 4 is 17.4 Å². The Hall–Kier alpha value is -3.01. The summed E-state index contributed by atoms with van der Waals surface area (Å²) in [6.45, 7) is 1.90. The van der Waals surface area contributed by atoms with Crippen LogP contribution < -0.4 is 4.90 Å². The zero-order valence-electron chi connectivity index (χ0n) is 14.7. The number of nitrogens with zero attached hydrogens (tertiary/aromatic N) is 8. The zero-order valence-corrected chi connectivity index (χ0v) is 14.7. The highest BCUT2D eigenvalue weighted by molar-refractivity contribution is 5.76.